The summed E-state index contributed by atoms with van der Waals surface area (Å²) < 4.78 is 1.81. The lowest BCUT2D eigenvalue weighted by Gasteiger charge is -1.99. The molecular weight excluding hydrogens is 244 g/mol. The molecular formula is C14H18N2OS. The standard InChI is InChI=1S/C14H18N2OS/c1-4-10-8-11(16(3)15-10)9-13(17)14-7-6-12(5-2)18-14/h6-8H,4-5,9H2,1-3H3. The van der Waals surface area contributed by atoms with Crippen molar-refractivity contribution in [2.45, 2.75) is 33.1 Å². The molecule has 2 rings (SSSR count). The number of hydrogen-bond acceptors (Lipinski definition) is 3. The second-order valence-corrected chi connectivity index (χ2v) is 5.49. The minimum Gasteiger partial charge on any atom is -0.293 e. The molecule has 2 aromatic heterocycles. The third kappa shape index (κ3) is 2.70. The zero-order valence-corrected chi connectivity index (χ0v) is 11.9. The Bertz CT molecular complexity index is 554. The van der Waals surface area contributed by atoms with Gasteiger partial charge in [-0.05, 0) is 31.0 Å². The van der Waals surface area contributed by atoms with Crippen LogP contribution in [0.1, 0.15) is 39.8 Å². The lowest BCUT2D eigenvalue weighted by Crippen LogP contribution is -2.06. The van der Waals surface area contributed by atoms with Crippen molar-refractivity contribution in [3.05, 3.63) is 39.3 Å². The Morgan fingerprint density at radius 2 is 2.11 bits per heavy atom. The zero-order chi connectivity index (χ0) is 13.1. The van der Waals surface area contributed by atoms with Gasteiger partial charge in [-0.15, -0.1) is 11.3 Å². The van der Waals surface area contributed by atoms with Gasteiger partial charge in [-0.2, -0.15) is 5.10 Å². The molecule has 0 aromatic carbocycles. The van der Waals surface area contributed by atoms with Crippen molar-refractivity contribution in [1.29, 1.82) is 0 Å². The molecule has 0 fully saturated rings. The lowest BCUT2D eigenvalue weighted by atomic mass is 10.2. The fraction of sp³-hybridized carbons (Fsp3) is 0.429. The Hall–Kier alpha value is -1.42. The molecule has 2 heterocycles. The molecule has 4 heteroatoms. The summed E-state index contributed by atoms with van der Waals surface area (Å²) in [5, 5.41) is 4.37. The van der Waals surface area contributed by atoms with Crippen molar-refractivity contribution in [2.24, 2.45) is 7.05 Å². The molecule has 0 amide bonds. The number of carbonyl (C=O) groups is 1. The van der Waals surface area contributed by atoms with E-state index < -0.39 is 0 Å². The number of Topliss-reactive ketones (excluding diaryl/α,β-unsaturated/α-hetero) is 1. The lowest BCUT2D eigenvalue weighted by molar-refractivity contribution is 0.0994. The highest BCUT2D eigenvalue weighted by Crippen LogP contribution is 2.19. The first kappa shape index (κ1) is 13.0. The minimum atomic E-state index is 0.186. The molecule has 96 valence electrons. The molecule has 0 bridgehead atoms. The van der Waals surface area contributed by atoms with Crippen LogP contribution in [0.5, 0.6) is 0 Å². The second-order valence-electron chi connectivity index (χ2n) is 4.32. The Labute approximate surface area is 111 Å². The van der Waals surface area contributed by atoms with E-state index in [4.69, 9.17) is 0 Å². The van der Waals surface area contributed by atoms with E-state index in [0.717, 1.165) is 29.1 Å². The molecule has 0 aliphatic heterocycles. The van der Waals surface area contributed by atoms with Crippen molar-refractivity contribution < 1.29 is 4.79 Å². The van der Waals surface area contributed by atoms with Crippen LogP contribution >= 0.6 is 11.3 Å². The molecule has 0 aliphatic rings. The van der Waals surface area contributed by atoms with Crippen molar-refractivity contribution in [3.8, 4) is 0 Å². The summed E-state index contributed by atoms with van der Waals surface area (Å²) in [6.45, 7) is 4.18. The Balaban J connectivity index is 2.13. The van der Waals surface area contributed by atoms with E-state index in [1.54, 1.807) is 11.3 Å². The molecule has 2 aromatic rings. The molecule has 0 atom stereocenters. The van der Waals surface area contributed by atoms with Crippen molar-refractivity contribution in [2.75, 3.05) is 0 Å². The van der Waals surface area contributed by atoms with Gasteiger partial charge in [0, 0.05) is 17.6 Å². The molecule has 0 unspecified atom stereocenters. The maximum Gasteiger partial charge on any atom is 0.178 e. The van der Waals surface area contributed by atoms with Gasteiger partial charge in [-0.25, -0.2) is 0 Å². The first-order chi connectivity index (χ1) is 8.63. The van der Waals surface area contributed by atoms with E-state index in [-0.39, 0.29) is 5.78 Å². The van der Waals surface area contributed by atoms with Crippen molar-refractivity contribution in [1.82, 2.24) is 9.78 Å². The van der Waals surface area contributed by atoms with Crippen LogP contribution in [0.2, 0.25) is 0 Å². The molecule has 0 N–H and O–H groups in total. The number of hydrogen-bond donors (Lipinski definition) is 0. The first-order valence-corrected chi connectivity index (χ1v) is 7.09. The average Bonchev–Trinajstić information content (AvgIpc) is 2.96. The van der Waals surface area contributed by atoms with E-state index in [2.05, 4.69) is 18.9 Å². The van der Waals surface area contributed by atoms with Crippen molar-refractivity contribution >= 4 is 17.1 Å². The molecule has 0 spiro atoms. The van der Waals surface area contributed by atoms with Crippen LogP contribution in [-0.4, -0.2) is 15.6 Å². The molecule has 0 saturated carbocycles. The molecule has 0 aliphatic carbocycles. The van der Waals surface area contributed by atoms with Crippen molar-refractivity contribution in [3.63, 3.8) is 0 Å². The van der Waals surface area contributed by atoms with Gasteiger partial charge in [0.1, 0.15) is 0 Å². The third-order valence-corrected chi connectivity index (χ3v) is 4.29. The monoisotopic (exact) mass is 262 g/mol. The fourth-order valence-corrected chi connectivity index (χ4v) is 2.76. The highest BCUT2D eigenvalue weighted by molar-refractivity contribution is 7.14. The van der Waals surface area contributed by atoms with Crippen LogP contribution in [0.4, 0.5) is 0 Å². The smallest absolute Gasteiger partial charge is 0.178 e. The van der Waals surface area contributed by atoms with E-state index >= 15 is 0 Å². The summed E-state index contributed by atoms with van der Waals surface area (Å²) in [5.41, 5.74) is 2.03. The van der Waals surface area contributed by atoms with Crippen LogP contribution in [0.15, 0.2) is 18.2 Å². The molecule has 0 saturated heterocycles. The number of carbonyl (C=O) groups excluding carboxylic acids is 1. The first-order valence-electron chi connectivity index (χ1n) is 6.27. The van der Waals surface area contributed by atoms with Crippen LogP contribution in [0.3, 0.4) is 0 Å². The maximum absolute atomic E-state index is 12.2. The molecule has 18 heavy (non-hydrogen) atoms. The number of nitrogens with zero attached hydrogens (tertiary/aromatic N) is 2. The van der Waals surface area contributed by atoms with Crippen LogP contribution in [-0.2, 0) is 26.3 Å². The normalized spacial score (nSPS) is 10.8. The summed E-state index contributed by atoms with van der Waals surface area (Å²) in [6, 6.07) is 5.99. The predicted octanol–water partition coefficient (Wildman–Crippen LogP) is 3.03. The van der Waals surface area contributed by atoms with Crippen LogP contribution in [0, 0.1) is 0 Å². The van der Waals surface area contributed by atoms with E-state index in [1.165, 1.54) is 4.88 Å². The maximum atomic E-state index is 12.2. The third-order valence-electron chi connectivity index (χ3n) is 3.02. The molecule has 3 nitrogen and oxygen atoms in total. The number of rotatable bonds is 5. The zero-order valence-electron chi connectivity index (χ0n) is 11.1. The van der Waals surface area contributed by atoms with Gasteiger partial charge in [0.25, 0.3) is 0 Å². The van der Waals surface area contributed by atoms with Gasteiger partial charge in [0.15, 0.2) is 5.78 Å². The van der Waals surface area contributed by atoms with Gasteiger partial charge < -0.3 is 0 Å². The summed E-state index contributed by atoms with van der Waals surface area (Å²) in [4.78, 5) is 14.3. The summed E-state index contributed by atoms with van der Waals surface area (Å²) in [6.07, 6.45) is 2.33. The summed E-state index contributed by atoms with van der Waals surface area (Å²) in [7, 11) is 1.90. The highest BCUT2D eigenvalue weighted by atomic mass is 32.1. The predicted molar refractivity (Wildman–Crippen MR) is 74.3 cm³/mol. The quantitative estimate of drug-likeness (QED) is 0.776. The van der Waals surface area contributed by atoms with Crippen LogP contribution < -0.4 is 0 Å². The Kier molecular flexibility index (Phi) is 3.97. The summed E-state index contributed by atoms with van der Waals surface area (Å²) in [5.74, 6) is 0.186. The Morgan fingerprint density at radius 1 is 1.33 bits per heavy atom. The highest BCUT2D eigenvalue weighted by Gasteiger charge is 2.13. The number of aromatic nitrogens is 2. The Morgan fingerprint density at radius 3 is 2.67 bits per heavy atom. The topological polar surface area (TPSA) is 34.9 Å². The number of ketones is 1. The average molecular weight is 262 g/mol. The van der Waals surface area contributed by atoms with Gasteiger partial charge in [0.2, 0.25) is 0 Å². The van der Waals surface area contributed by atoms with Gasteiger partial charge in [0.05, 0.1) is 17.0 Å². The minimum absolute atomic E-state index is 0.186. The molecule has 0 radical (unpaired) electrons. The van der Waals surface area contributed by atoms with Gasteiger partial charge in [-0.3, -0.25) is 9.48 Å². The van der Waals surface area contributed by atoms with E-state index in [9.17, 15) is 4.79 Å². The summed E-state index contributed by atoms with van der Waals surface area (Å²) >= 11 is 1.60. The second kappa shape index (κ2) is 5.48. The van der Waals surface area contributed by atoms with E-state index in [1.807, 2.05) is 29.9 Å². The number of aryl methyl sites for hydroxylation is 3. The largest absolute Gasteiger partial charge is 0.293 e. The number of thiophene rings is 1. The fourth-order valence-electron chi connectivity index (χ4n) is 1.88. The SMILES string of the molecule is CCc1cc(CC(=O)c2ccc(CC)s2)n(C)n1. The van der Waals surface area contributed by atoms with Gasteiger partial charge in [-0.1, -0.05) is 13.8 Å². The van der Waals surface area contributed by atoms with Crippen LogP contribution in [0.25, 0.3) is 0 Å². The van der Waals surface area contributed by atoms with Gasteiger partial charge >= 0.3 is 0 Å². The van der Waals surface area contributed by atoms with E-state index in [0.29, 0.717) is 6.42 Å².